The first kappa shape index (κ1) is 17.3. The average molecular weight is 372 g/mol. The van der Waals surface area contributed by atoms with Crippen LogP contribution in [0.3, 0.4) is 0 Å². The Bertz CT molecular complexity index is 862. The van der Waals surface area contributed by atoms with Gasteiger partial charge in [0.25, 0.3) is 5.91 Å². The summed E-state index contributed by atoms with van der Waals surface area (Å²) >= 11 is 12.3. The summed E-state index contributed by atoms with van der Waals surface area (Å²) in [4.78, 5) is 12.5. The molecule has 0 radical (unpaired) electrons. The van der Waals surface area contributed by atoms with E-state index < -0.39 is 0 Å². The summed E-state index contributed by atoms with van der Waals surface area (Å²) in [5.41, 5.74) is 1.84. The summed E-state index contributed by atoms with van der Waals surface area (Å²) in [6.07, 6.45) is 0. The lowest BCUT2D eigenvalue weighted by Crippen LogP contribution is -2.13. The van der Waals surface area contributed by atoms with Crippen molar-refractivity contribution in [3.8, 4) is 5.75 Å². The quantitative estimate of drug-likeness (QED) is 0.612. The van der Waals surface area contributed by atoms with E-state index in [2.05, 4.69) is 5.32 Å². The van der Waals surface area contributed by atoms with Gasteiger partial charge in [-0.2, -0.15) is 0 Å². The van der Waals surface area contributed by atoms with Crippen molar-refractivity contribution >= 4 is 34.8 Å². The standard InChI is InChI=1S/C20H15Cl2NO2/c21-17-10-6-11-18(22)16(17)13-25-19-12-5-4-9-15(19)20(24)23-14-7-2-1-3-8-14/h1-12H,13H2,(H,23,24). The van der Waals surface area contributed by atoms with Gasteiger partial charge in [0.1, 0.15) is 12.4 Å². The predicted molar refractivity (Wildman–Crippen MR) is 102 cm³/mol. The molecular weight excluding hydrogens is 357 g/mol. The Labute approximate surface area is 156 Å². The maximum atomic E-state index is 12.5. The molecule has 25 heavy (non-hydrogen) atoms. The van der Waals surface area contributed by atoms with E-state index in [0.717, 1.165) is 5.69 Å². The molecule has 0 atom stereocenters. The summed E-state index contributed by atoms with van der Waals surface area (Å²) in [6, 6.07) is 21.6. The number of halogens is 2. The van der Waals surface area contributed by atoms with Crippen molar-refractivity contribution in [1.29, 1.82) is 0 Å². The van der Waals surface area contributed by atoms with Gasteiger partial charge in [-0.15, -0.1) is 0 Å². The van der Waals surface area contributed by atoms with E-state index in [4.69, 9.17) is 27.9 Å². The van der Waals surface area contributed by atoms with Crippen LogP contribution in [0.5, 0.6) is 5.75 Å². The first-order valence-electron chi connectivity index (χ1n) is 7.66. The Morgan fingerprint density at radius 2 is 1.48 bits per heavy atom. The van der Waals surface area contributed by atoms with Crippen LogP contribution >= 0.6 is 23.2 Å². The molecular formula is C20H15Cl2NO2. The normalized spacial score (nSPS) is 10.3. The molecule has 0 spiro atoms. The summed E-state index contributed by atoms with van der Waals surface area (Å²) in [5, 5.41) is 3.90. The van der Waals surface area contributed by atoms with E-state index in [9.17, 15) is 4.79 Å². The number of amides is 1. The van der Waals surface area contributed by atoms with Crippen molar-refractivity contribution in [2.24, 2.45) is 0 Å². The molecule has 0 aliphatic rings. The van der Waals surface area contributed by atoms with Gasteiger partial charge in [-0.25, -0.2) is 0 Å². The van der Waals surface area contributed by atoms with Crippen LogP contribution in [0.4, 0.5) is 5.69 Å². The fourth-order valence-corrected chi connectivity index (χ4v) is 2.83. The van der Waals surface area contributed by atoms with Gasteiger partial charge >= 0.3 is 0 Å². The van der Waals surface area contributed by atoms with Crippen LogP contribution < -0.4 is 10.1 Å². The molecule has 3 aromatic carbocycles. The molecule has 1 N–H and O–H groups in total. The third-order valence-corrected chi connectivity index (χ3v) is 4.31. The molecule has 0 heterocycles. The first-order valence-corrected chi connectivity index (χ1v) is 8.42. The highest BCUT2D eigenvalue weighted by atomic mass is 35.5. The lowest BCUT2D eigenvalue weighted by molar-refractivity contribution is 0.102. The third-order valence-electron chi connectivity index (χ3n) is 3.60. The maximum Gasteiger partial charge on any atom is 0.259 e. The molecule has 0 saturated heterocycles. The second-order valence-electron chi connectivity index (χ2n) is 5.31. The van der Waals surface area contributed by atoms with Crippen molar-refractivity contribution < 1.29 is 9.53 Å². The fraction of sp³-hybridized carbons (Fsp3) is 0.0500. The molecule has 3 aromatic rings. The number of para-hydroxylation sites is 2. The number of nitrogens with one attached hydrogen (secondary N) is 1. The number of anilines is 1. The van der Waals surface area contributed by atoms with Crippen LogP contribution in [0.1, 0.15) is 15.9 Å². The summed E-state index contributed by atoms with van der Waals surface area (Å²) < 4.78 is 5.81. The maximum absolute atomic E-state index is 12.5. The number of rotatable bonds is 5. The van der Waals surface area contributed by atoms with Crippen LogP contribution in [-0.4, -0.2) is 5.91 Å². The van der Waals surface area contributed by atoms with Gasteiger partial charge in [-0.1, -0.05) is 59.6 Å². The highest BCUT2D eigenvalue weighted by Gasteiger charge is 2.14. The molecule has 3 nitrogen and oxygen atoms in total. The number of carbonyl (C=O) groups excluding carboxylic acids is 1. The van der Waals surface area contributed by atoms with E-state index in [1.165, 1.54) is 0 Å². The lowest BCUT2D eigenvalue weighted by atomic mass is 10.1. The third kappa shape index (κ3) is 4.32. The molecule has 0 bridgehead atoms. The van der Waals surface area contributed by atoms with E-state index in [1.807, 2.05) is 36.4 Å². The van der Waals surface area contributed by atoms with Gasteiger partial charge in [-0.05, 0) is 36.4 Å². The zero-order valence-corrected chi connectivity index (χ0v) is 14.7. The highest BCUT2D eigenvalue weighted by Crippen LogP contribution is 2.27. The Kier molecular flexibility index (Phi) is 5.59. The molecule has 1 amide bonds. The fourth-order valence-electron chi connectivity index (χ4n) is 2.32. The SMILES string of the molecule is O=C(Nc1ccccc1)c1ccccc1OCc1c(Cl)cccc1Cl. The van der Waals surface area contributed by atoms with Gasteiger partial charge in [0, 0.05) is 21.3 Å². The van der Waals surface area contributed by atoms with Crippen molar-refractivity contribution in [3.63, 3.8) is 0 Å². The minimum atomic E-state index is -0.243. The molecule has 126 valence electrons. The van der Waals surface area contributed by atoms with Gasteiger partial charge < -0.3 is 10.1 Å². The predicted octanol–water partition coefficient (Wildman–Crippen LogP) is 5.82. The lowest BCUT2D eigenvalue weighted by Gasteiger charge is -2.13. The molecule has 0 aromatic heterocycles. The molecule has 0 fully saturated rings. The Hall–Kier alpha value is -2.49. The minimum Gasteiger partial charge on any atom is -0.488 e. The number of hydrogen-bond acceptors (Lipinski definition) is 2. The number of benzene rings is 3. The number of carbonyl (C=O) groups is 1. The second-order valence-corrected chi connectivity index (χ2v) is 6.12. The smallest absolute Gasteiger partial charge is 0.259 e. The molecule has 0 aliphatic heterocycles. The Morgan fingerprint density at radius 1 is 0.840 bits per heavy atom. The van der Waals surface area contributed by atoms with E-state index in [0.29, 0.717) is 26.9 Å². The zero-order valence-electron chi connectivity index (χ0n) is 13.2. The van der Waals surface area contributed by atoms with Crippen LogP contribution in [0, 0.1) is 0 Å². The van der Waals surface area contributed by atoms with Crippen molar-refractivity contribution in [2.45, 2.75) is 6.61 Å². The summed E-state index contributed by atoms with van der Waals surface area (Å²) in [7, 11) is 0. The Balaban J connectivity index is 1.78. The van der Waals surface area contributed by atoms with E-state index in [-0.39, 0.29) is 12.5 Å². The summed E-state index contributed by atoms with van der Waals surface area (Å²) in [6.45, 7) is 0.175. The molecule has 0 unspecified atom stereocenters. The monoisotopic (exact) mass is 371 g/mol. The van der Waals surface area contributed by atoms with Gasteiger partial charge in [0.05, 0.1) is 5.56 Å². The van der Waals surface area contributed by atoms with Crippen LogP contribution in [0.25, 0.3) is 0 Å². The largest absolute Gasteiger partial charge is 0.488 e. The van der Waals surface area contributed by atoms with Crippen molar-refractivity contribution in [2.75, 3.05) is 5.32 Å². The molecule has 3 rings (SSSR count). The average Bonchev–Trinajstić information content (AvgIpc) is 2.62. The van der Waals surface area contributed by atoms with Crippen LogP contribution in [0.15, 0.2) is 72.8 Å². The Morgan fingerprint density at radius 3 is 2.20 bits per heavy atom. The van der Waals surface area contributed by atoms with E-state index in [1.54, 1.807) is 36.4 Å². The molecule has 5 heteroatoms. The zero-order chi connectivity index (χ0) is 17.6. The molecule has 0 saturated carbocycles. The second kappa shape index (κ2) is 8.06. The highest BCUT2D eigenvalue weighted by molar-refractivity contribution is 6.35. The number of ether oxygens (including phenoxy) is 1. The van der Waals surface area contributed by atoms with Gasteiger partial charge in [-0.3, -0.25) is 4.79 Å². The topological polar surface area (TPSA) is 38.3 Å². The van der Waals surface area contributed by atoms with Crippen molar-refractivity contribution in [3.05, 3.63) is 94.0 Å². The number of hydrogen-bond donors (Lipinski definition) is 1. The van der Waals surface area contributed by atoms with Gasteiger partial charge in [0.15, 0.2) is 0 Å². The van der Waals surface area contributed by atoms with Gasteiger partial charge in [0.2, 0.25) is 0 Å². The minimum absolute atomic E-state index is 0.175. The molecule has 0 aliphatic carbocycles. The first-order chi connectivity index (χ1) is 12.1. The van der Waals surface area contributed by atoms with Crippen LogP contribution in [-0.2, 0) is 6.61 Å². The van der Waals surface area contributed by atoms with Crippen LogP contribution in [0.2, 0.25) is 10.0 Å². The van der Waals surface area contributed by atoms with E-state index >= 15 is 0 Å². The van der Waals surface area contributed by atoms with Crippen molar-refractivity contribution in [1.82, 2.24) is 0 Å². The summed E-state index contributed by atoms with van der Waals surface area (Å²) in [5.74, 6) is 0.221.